The van der Waals surface area contributed by atoms with Gasteiger partial charge in [-0.1, -0.05) is 13.8 Å². The molecule has 1 atom stereocenters. The molecule has 0 radical (unpaired) electrons. The van der Waals surface area contributed by atoms with Crippen molar-refractivity contribution in [2.45, 2.75) is 45.2 Å². The lowest BCUT2D eigenvalue weighted by Crippen LogP contribution is -2.48. The summed E-state index contributed by atoms with van der Waals surface area (Å²) in [4.78, 5) is 21.9. The number of carboxylic acids is 1. The van der Waals surface area contributed by atoms with Crippen LogP contribution in [0.4, 0.5) is 0 Å². The number of carbonyl (C=O) groups is 2. The van der Waals surface area contributed by atoms with Gasteiger partial charge in [0.25, 0.3) is 0 Å². The molecule has 15 heavy (non-hydrogen) atoms. The second-order valence-electron chi connectivity index (χ2n) is 3.44. The van der Waals surface area contributed by atoms with Crippen LogP contribution >= 0.6 is 0 Å². The Hall–Kier alpha value is -1.10. The molecule has 5 nitrogen and oxygen atoms in total. The Bertz CT molecular complexity index is 215. The highest BCUT2D eigenvalue weighted by atomic mass is 16.4. The summed E-state index contributed by atoms with van der Waals surface area (Å²) in [6.45, 7) is 4.01. The first-order valence-corrected chi connectivity index (χ1v) is 5.24. The van der Waals surface area contributed by atoms with Crippen LogP contribution in [0.5, 0.6) is 0 Å². The van der Waals surface area contributed by atoms with E-state index in [0.717, 1.165) is 12.8 Å². The van der Waals surface area contributed by atoms with Gasteiger partial charge >= 0.3 is 5.97 Å². The number of carboxylic acid groups (broad SMARTS) is 1. The highest BCUT2D eigenvalue weighted by Gasteiger charge is 2.22. The van der Waals surface area contributed by atoms with Crippen LogP contribution in [0, 0.1) is 0 Å². The van der Waals surface area contributed by atoms with E-state index in [9.17, 15) is 9.59 Å². The van der Waals surface area contributed by atoms with E-state index in [0.29, 0.717) is 0 Å². The largest absolute Gasteiger partial charge is 0.481 e. The van der Waals surface area contributed by atoms with E-state index in [4.69, 9.17) is 5.11 Å². The molecule has 5 heteroatoms. The van der Waals surface area contributed by atoms with Gasteiger partial charge in [0, 0.05) is 13.1 Å². The predicted octanol–water partition coefficient (Wildman–Crippen LogP) is 0.354. The van der Waals surface area contributed by atoms with Crippen LogP contribution < -0.4 is 10.6 Å². The number of rotatable bonds is 7. The summed E-state index contributed by atoms with van der Waals surface area (Å²) in [6, 6.07) is -0.455. The summed E-state index contributed by atoms with van der Waals surface area (Å²) in [7, 11) is 1.51. The Morgan fingerprint density at radius 1 is 1.27 bits per heavy atom. The molecular weight excluding hydrogens is 196 g/mol. The maximum Gasteiger partial charge on any atom is 0.305 e. The van der Waals surface area contributed by atoms with Crippen molar-refractivity contribution >= 4 is 11.9 Å². The Kier molecular flexibility index (Phi) is 6.70. The van der Waals surface area contributed by atoms with Gasteiger partial charge in [0.1, 0.15) is 0 Å². The Morgan fingerprint density at radius 2 is 1.80 bits per heavy atom. The van der Waals surface area contributed by atoms with Gasteiger partial charge in [-0.3, -0.25) is 9.59 Å². The summed E-state index contributed by atoms with van der Waals surface area (Å²) in [6.07, 6.45) is 1.57. The molecule has 0 heterocycles. The number of hydrogen-bond donors (Lipinski definition) is 3. The van der Waals surface area contributed by atoms with E-state index in [2.05, 4.69) is 10.6 Å². The quantitative estimate of drug-likeness (QED) is 0.574. The van der Waals surface area contributed by atoms with Crippen molar-refractivity contribution in [1.82, 2.24) is 10.6 Å². The minimum atomic E-state index is -0.970. The van der Waals surface area contributed by atoms with Gasteiger partial charge in [-0.25, -0.2) is 0 Å². The average molecular weight is 216 g/mol. The molecule has 1 unspecified atom stereocenters. The van der Waals surface area contributed by atoms with Crippen LogP contribution in [0.2, 0.25) is 0 Å². The summed E-state index contributed by atoms with van der Waals surface area (Å²) in [5.74, 6) is -1.24. The number of carbonyl (C=O) groups excluding carboxylic acids is 1. The standard InChI is InChI=1S/C10H20N2O3/c1-4-7(5-2)12-8(6-9(13)14)10(15)11-3/h7-8,12H,4-6H2,1-3H3,(H,11,15)(H,13,14). The molecule has 88 valence electrons. The topological polar surface area (TPSA) is 78.4 Å². The van der Waals surface area contributed by atoms with E-state index in [1.54, 1.807) is 0 Å². The summed E-state index contributed by atoms with van der Waals surface area (Å²) in [5, 5.41) is 14.2. The molecule has 0 bridgehead atoms. The maximum absolute atomic E-state index is 11.4. The van der Waals surface area contributed by atoms with E-state index < -0.39 is 12.0 Å². The molecule has 1 amide bonds. The van der Waals surface area contributed by atoms with Crippen LogP contribution in [0.15, 0.2) is 0 Å². The fourth-order valence-electron chi connectivity index (χ4n) is 1.39. The fourth-order valence-corrected chi connectivity index (χ4v) is 1.39. The molecule has 0 fully saturated rings. The smallest absolute Gasteiger partial charge is 0.305 e. The van der Waals surface area contributed by atoms with Crippen molar-refractivity contribution in [1.29, 1.82) is 0 Å². The molecule has 0 aromatic rings. The lowest BCUT2D eigenvalue weighted by molar-refractivity contribution is -0.140. The zero-order chi connectivity index (χ0) is 11.8. The first-order chi connectivity index (χ1) is 7.04. The third kappa shape index (κ3) is 5.37. The van der Waals surface area contributed by atoms with Gasteiger partial charge in [0.2, 0.25) is 5.91 Å². The van der Waals surface area contributed by atoms with Crippen molar-refractivity contribution in [2.75, 3.05) is 7.05 Å². The van der Waals surface area contributed by atoms with Crippen LogP contribution in [0.1, 0.15) is 33.1 Å². The van der Waals surface area contributed by atoms with Gasteiger partial charge < -0.3 is 15.7 Å². The molecule has 3 N–H and O–H groups in total. The van der Waals surface area contributed by atoms with Crippen LogP contribution in [0.3, 0.4) is 0 Å². The van der Waals surface area contributed by atoms with E-state index in [-0.39, 0.29) is 18.4 Å². The number of hydrogen-bond acceptors (Lipinski definition) is 3. The van der Waals surface area contributed by atoms with Crippen molar-refractivity contribution < 1.29 is 14.7 Å². The van der Waals surface area contributed by atoms with Gasteiger partial charge in [0.05, 0.1) is 12.5 Å². The highest BCUT2D eigenvalue weighted by Crippen LogP contribution is 2.01. The lowest BCUT2D eigenvalue weighted by Gasteiger charge is -2.21. The fraction of sp³-hybridized carbons (Fsp3) is 0.800. The second-order valence-corrected chi connectivity index (χ2v) is 3.44. The summed E-state index contributed by atoms with van der Waals surface area (Å²) >= 11 is 0. The Balaban J connectivity index is 4.35. The zero-order valence-electron chi connectivity index (χ0n) is 9.54. The molecule has 0 saturated heterocycles. The van der Waals surface area contributed by atoms with E-state index in [1.807, 2.05) is 13.8 Å². The van der Waals surface area contributed by atoms with E-state index in [1.165, 1.54) is 7.05 Å². The predicted molar refractivity (Wildman–Crippen MR) is 57.6 cm³/mol. The third-order valence-electron chi connectivity index (χ3n) is 2.36. The number of amides is 1. The van der Waals surface area contributed by atoms with Crippen molar-refractivity contribution in [3.63, 3.8) is 0 Å². The Labute approximate surface area is 90.2 Å². The molecule has 0 saturated carbocycles. The summed E-state index contributed by atoms with van der Waals surface area (Å²) < 4.78 is 0. The van der Waals surface area contributed by atoms with Crippen molar-refractivity contribution in [2.24, 2.45) is 0 Å². The molecule has 0 aliphatic rings. The van der Waals surface area contributed by atoms with Crippen LogP contribution in [-0.4, -0.2) is 36.1 Å². The first kappa shape index (κ1) is 13.9. The first-order valence-electron chi connectivity index (χ1n) is 5.24. The SMILES string of the molecule is CCC(CC)NC(CC(=O)O)C(=O)NC. The molecule has 0 aromatic carbocycles. The third-order valence-corrected chi connectivity index (χ3v) is 2.36. The number of nitrogens with one attached hydrogen (secondary N) is 2. The van der Waals surface area contributed by atoms with E-state index >= 15 is 0 Å². The zero-order valence-corrected chi connectivity index (χ0v) is 9.54. The molecule has 0 aliphatic heterocycles. The van der Waals surface area contributed by atoms with Gasteiger partial charge in [-0.05, 0) is 12.8 Å². The number of aliphatic carboxylic acids is 1. The minimum absolute atomic E-state index is 0.184. The average Bonchev–Trinajstić information content (AvgIpc) is 2.22. The summed E-state index contributed by atoms with van der Waals surface area (Å²) in [5.41, 5.74) is 0. The van der Waals surface area contributed by atoms with Gasteiger partial charge in [-0.15, -0.1) is 0 Å². The van der Waals surface area contributed by atoms with Crippen LogP contribution in [-0.2, 0) is 9.59 Å². The molecule has 0 aromatic heterocycles. The maximum atomic E-state index is 11.4. The molecular formula is C10H20N2O3. The van der Waals surface area contributed by atoms with Gasteiger partial charge in [0.15, 0.2) is 0 Å². The van der Waals surface area contributed by atoms with Crippen molar-refractivity contribution in [3.05, 3.63) is 0 Å². The van der Waals surface area contributed by atoms with Crippen molar-refractivity contribution in [3.8, 4) is 0 Å². The lowest BCUT2D eigenvalue weighted by atomic mass is 10.1. The highest BCUT2D eigenvalue weighted by molar-refractivity contribution is 5.85. The molecule has 0 aliphatic carbocycles. The second kappa shape index (κ2) is 7.23. The number of likely N-dealkylation sites (N-methyl/N-ethyl adjacent to an activating group) is 1. The Morgan fingerprint density at radius 3 is 2.13 bits per heavy atom. The normalized spacial score (nSPS) is 12.5. The monoisotopic (exact) mass is 216 g/mol. The van der Waals surface area contributed by atoms with Gasteiger partial charge in [-0.2, -0.15) is 0 Å². The molecule has 0 rings (SSSR count). The molecule has 0 spiro atoms. The minimum Gasteiger partial charge on any atom is -0.481 e. The van der Waals surface area contributed by atoms with Crippen LogP contribution in [0.25, 0.3) is 0 Å².